The Labute approximate surface area is 125 Å². The highest BCUT2D eigenvalue weighted by Gasteiger charge is 2.22. The van der Waals surface area contributed by atoms with Crippen molar-refractivity contribution in [1.29, 1.82) is 0 Å². The largest absolute Gasteiger partial charge is 0.504 e. The molecule has 2 aromatic rings. The van der Waals surface area contributed by atoms with Crippen molar-refractivity contribution in [2.45, 2.75) is 25.3 Å². The monoisotopic (exact) mass is 283 g/mol. The molecule has 3 rings (SSSR count). The summed E-state index contributed by atoms with van der Waals surface area (Å²) >= 11 is 0. The molecule has 0 radical (unpaired) electrons. The first-order valence-corrected chi connectivity index (χ1v) is 7.50. The van der Waals surface area contributed by atoms with Crippen LogP contribution in [0, 0.1) is 0 Å². The number of nitrogens with zero attached hydrogens (tertiary/aromatic N) is 1. The van der Waals surface area contributed by atoms with E-state index < -0.39 is 0 Å². The molecule has 1 saturated heterocycles. The fourth-order valence-electron chi connectivity index (χ4n) is 3.11. The van der Waals surface area contributed by atoms with Crippen LogP contribution in [0.25, 0.3) is 0 Å². The number of hydrogen-bond donors (Lipinski definition) is 2. The fraction of sp³-hybridized carbons (Fsp3) is 0.333. The Bertz CT molecular complexity index is 597. The third-order valence-corrected chi connectivity index (χ3v) is 4.23. The molecule has 0 aromatic heterocycles. The van der Waals surface area contributed by atoms with E-state index in [0.717, 1.165) is 31.6 Å². The zero-order chi connectivity index (χ0) is 14.7. The van der Waals surface area contributed by atoms with Crippen molar-refractivity contribution in [3.05, 3.63) is 59.7 Å². The predicted molar refractivity (Wildman–Crippen MR) is 83.5 cm³/mol. The lowest BCUT2D eigenvalue weighted by atomic mass is 9.90. The van der Waals surface area contributed by atoms with E-state index in [1.54, 1.807) is 12.1 Å². The maximum Gasteiger partial charge on any atom is 0.157 e. The van der Waals surface area contributed by atoms with Crippen molar-refractivity contribution in [2.75, 3.05) is 13.1 Å². The second-order valence-corrected chi connectivity index (χ2v) is 5.81. The highest BCUT2D eigenvalue weighted by atomic mass is 16.3. The lowest BCUT2D eigenvalue weighted by Gasteiger charge is -2.33. The molecule has 0 aliphatic carbocycles. The molecule has 2 N–H and O–H groups in total. The number of aromatic hydroxyl groups is 2. The van der Waals surface area contributed by atoms with Crippen molar-refractivity contribution >= 4 is 0 Å². The van der Waals surface area contributed by atoms with E-state index >= 15 is 0 Å². The van der Waals surface area contributed by atoms with Gasteiger partial charge in [0.1, 0.15) is 0 Å². The second-order valence-electron chi connectivity index (χ2n) is 5.81. The average molecular weight is 283 g/mol. The minimum Gasteiger partial charge on any atom is -0.504 e. The number of rotatable bonds is 3. The van der Waals surface area contributed by atoms with Crippen molar-refractivity contribution in [3.63, 3.8) is 0 Å². The third kappa shape index (κ3) is 3.37. The zero-order valence-electron chi connectivity index (χ0n) is 12.1. The first-order chi connectivity index (χ1) is 10.2. The van der Waals surface area contributed by atoms with Gasteiger partial charge < -0.3 is 10.2 Å². The molecule has 3 nitrogen and oxygen atoms in total. The maximum absolute atomic E-state index is 9.67. The van der Waals surface area contributed by atoms with E-state index in [1.165, 1.54) is 12.0 Å². The molecule has 0 amide bonds. The van der Waals surface area contributed by atoms with Gasteiger partial charge in [-0.2, -0.15) is 0 Å². The summed E-state index contributed by atoms with van der Waals surface area (Å²) in [5, 5.41) is 19.1. The van der Waals surface area contributed by atoms with Gasteiger partial charge in [-0.15, -0.1) is 0 Å². The molecule has 0 bridgehead atoms. The Balaban J connectivity index is 1.69. The minimum absolute atomic E-state index is 0.0207. The molecule has 1 aliphatic heterocycles. The zero-order valence-corrected chi connectivity index (χ0v) is 12.1. The summed E-state index contributed by atoms with van der Waals surface area (Å²) in [6.07, 6.45) is 2.30. The van der Waals surface area contributed by atoms with Gasteiger partial charge in [0.25, 0.3) is 0 Å². The van der Waals surface area contributed by atoms with E-state index in [2.05, 4.69) is 29.2 Å². The van der Waals surface area contributed by atoms with E-state index in [-0.39, 0.29) is 11.5 Å². The summed E-state index contributed by atoms with van der Waals surface area (Å²) in [5.41, 5.74) is 2.45. The van der Waals surface area contributed by atoms with Crippen LogP contribution in [0.3, 0.4) is 0 Å². The lowest BCUT2D eigenvalue weighted by molar-refractivity contribution is 0.200. The third-order valence-electron chi connectivity index (χ3n) is 4.23. The van der Waals surface area contributed by atoms with Crippen LogP contribution in [-0.2, 0) is 6.54 Å². The summed E-state index contributed by atoms with van der Waals surface area (Å²) in [5.74, 6) is 0.359. The number of phenolic OH excluding ortho intramolecular Hbond substituents is 2. The normalized spacial score (nSPS) is 19.5. The first-order valence-electron chi connectivity index (χ1n) is 7.50. The van der Waals surface area contributed by atoms with Gasteiger partial charge in [0, 0.05) is 13.1 Å². The van der Waals surface area contributed by atoms with E-state index in [4.69, 9.17) is 0 Å². The highest BCUT2D eigenvalue weighted by Crippen LogP contribution is 2.33. The van der Waals surface area contributed by atoms with E-state index in [1.807, 2.05) is 12.1 Å². The summed E-state index contributed by atoms with van der Waals surface area (Å²) in [4.78, 5) is 2.47. The van der Waals surface area contributed by atoms with Crippen LogP contribution in [0.4, 0.5) is 0 Å². The second kappa shape index (κ2) is 6.19. The van der Waals surface area contributed by atoms with Gasteiger partial charge in [-0.25, -0.2) is 0 Å². The highest BCUT2D eigenvalue weighted by molar-refractivity contribution is 5.41. The van der Waals surface area contributed by atoms with Gasteiger partial charge in [-0.3, -0.25) is 4.90 Å². The quantitative estimate of drug-likeness (QED) is 0.848. The summed E-state index contributed by atoms with van der Waals surface area (Å²) in [6.45, 7) is 3.09. The minimum atomic E-state index is -0.0456. The molecule has 0 saturated carbocycles. The van der Waals surface area contributed by atoms with Crippen LogP contribution in [0.15, 0.2) is 48.5 Å². The SMILES string of the molecule is Oc1ccc(C2CCCN(Cc3ccccc3)C2)cc1O. The molecular weight excluding hydrogens is 262 g/mol. The van der Waals surface area contributed by atoms with Crippen molar-refractivity contribution in [3.8, 4) is 11.5 Å². The molecular formula is C18H21NO2. The molecule has 2 aromatic carbocycles. The van der Waals surface area contributed by atoms with Gasteiger partial charge in [-0.05, 0) is 48.6 Å². The Morgan fingerprint density at radius 1 is 1.00 bits per heavy atom. The number of hydrogen-bond acceptors (Lipinski definition) is 3. The molecule has 110 valence electrons. The van der Waals surface area contributed by atoms with Gasteiger partial charge in [0.2, 0.25) is 0 Å². The number of benzene rings is 2. The molecule has 21 heavy (non-hydrogen) atoms. The van der Waals surface area contributed by atoms with Gasteiger partial charge in [0.15, 0.2) is 11.5 Å². The maximum atomic E-state index is 9.67. The Hall–Kier alpha value is -2.00. The van der Waals surface area contributed by atoms with E-state index in [0.29, 0.717) is 5.92 Å². The summed E-state index contributed by atoms with van der Waals surface area (Å²) < 4.78 is 0. The number of piperidine rings is 1. The first kappa shape index (κ1) is 14.0. The standard InChI is InChI=1S/C18H21NO2/c20-17-9-8-15(11-18(17)21)16-7-4-10-19(13-16)12-14-5-2-1-3-6-14/h1-3,5-6,8-9,11,16,20-21H,4,7,10,12-13H2. The molecule has 1 unspecified atom stereocenters. The van der Waals surface area contributed by atoms with Crippen molar-refractivity contribution in [1.82, 2.24) is 4.90 Å². The summed E-state index contributed by atoms with van der Waals surface area (Å²) in [6, 6.07) is 15.7. The van der Waals surface area contributed by atoms with Crippen molar-refractivity contribution in [2.24, 2.45) is 0 Å². The lowest BCUT2D eigenvalue weighted by Crippen LogP contribution is -2.33. The fourth-order valence-corrected chi connectivity index (χ4v) is 3.11. The smallest absolute Gasteiger partial charge is 0.157 e. The molecule has 1 fully saturated rings. The molecule has 0 spiro atoms. The summed E-state index contributed by atoms with van der Waals surface area (Å²) in [7, 11) is 0. The average Bonchev–Trinajstić information content (AvgIpc) is 2.51. The molecule has 3 heteroatoms. The van der Waals surface area contributed by atoms with Crippen LogP contribution in [-0.4, -0.2) is 28.2 Å². The van der Waals surface area contributed by atoms with Crippen LogP contribution >= 0.6 is 0 Å². The molecule has 1 atom stereocenters. The van der Waals surface area contributed by atoms with Gasteiger partial charge in [0.05, 0.1) is 0 Å². The predicted octanol–water partition coefficient (Wildman–Crippen LogP) is 3.48. The number of phenols is 2. The number of likely N-dealkylation sites (tertiary alicyclic amines) is 1. The van der Waals surface area contributed by atoms with Crippen molar-refractivity contribution < 1.29 is 10.2 Å². The van der Waals surface area contributed by atoms with Crippen LogP contribution in [0.1, 0.15) is 29.9 Å². The molecule has 1 heterocycles. The Kier molecular flexibility index (Phi) is 4.11. The van der Waals surface area contributed by atoms with Crippen LogP contribution in [0.2, 0.25) is 0 Å². The van der Waals surface area contributed by atoms with Crippen LogP contribution in [0.5, 0.6) is 11.5 Å². The van der Waals surface area contributed by atoms with Gasteiger partial charge >= 0.3 is 0 Å². The van der Waals surface area contributed by atoms with E-state index in [9.17, 15) is 10.2 Å². The van der Waals surface area contributed by atoms with Gasteiger partial charge in [-0.1, -0.05) is 36.4 Å². The molecule has 1 aliphatic rings. The van der Waals surface area contributed by atoms with Crippen LogP contribution < -0.4 is 0 Å². The Morgan fingerprint density at radius 3 is 2.57 bits per heavy atom. The topological polar surface area (TPSA) is 43.7 Å². The Morgan fingerprint density at radius 2 is 1.81 bits per heavy atom.